The Bertz CT molecular complexity index is 997. The van der Waals surface area contributed by atoms with Gasteiger partial charge in [0.15, 0.2) is 6.61 Å². The average molecular weight is 449 g/mol. The number of alkyl halides is 3. The zero-order valence-electron chi connectivity index (χ0n) is 17.1. The average Bonchev–Trinajstić information content (AvgIpc) is 3.51. The summed E-state index contributed by atoms with van der Waals surface area (Å²) in [5, 5.41) is 5.67. The Morgan fingerprint density at radius 3 is 2.66 bits per heavy atom. The summed E-state index contributed by atoms with van der Waals surface area (Å²) in [5.41, 5.74) is 1.05. The molecule has 1 saturated heterocycles. The van der Waals surface area contributed by atoms with Gasteiger partial charge in [0, 0.05) is 54.8 Å². The van der Waals surface area contributed by atoms with Crippen molar-refractivity contribution in [2.45, 2.75) is 31.5 Å². The number of amides is 2. The van der Waals surface area contributed by atoms with E-state index in [9.17, 15) is 22.8 Å². The topological polar surface area (TPSA) is 96.5 Å². The minimum absolute atomic E-state index is 0.0336. The summed E-state index contributed by atoms with van der Waals surface area (Å²) in [6, 6.07) is 6.10. The van der Waals surface area contributed by atoms with Crippen LogP contribution in [0, 0.1) is 5.92 Å². The van der Waals surface area contributed by atoms with Gasteiger partial charge in [-0.2, -0.15) is 13.2 Å². The van der Waals surface area contributed by atoms with Crippen molar-refractivity contribution in [3.63, 3.8) is 0 Å². The smallest absolute Gasteiger partial charge is 0.422 e. The summed E-state index contributed by atoms with van der Waals surface area (Å²) < 4.78 is 41.8. The summed E-state index contributed by atoms with van der Waals surface area (Å²) in [7, 11) is 0. The Labute approximate surface area is 182 Å². The molecule has 2 N–H and O–H groups in total. The maximum Gasteiger partial charge on any atom is 0.422 e. The summed E-state index contributed by atoms with van der Waals surface area (Å²) in [5.74, 6) is -0.107. The van der Waals surface area contributed by atoms with Gasteiger partial charge in [-0.3, -0.25) is 9.59 Å². The molecular formula is C21H22F3N5O3. The molecule has 0 bridgehead atoms. The molecule has 1 saturated carbocycles. The molecule has 1 unspecified atom stereocenters. The van der Waals surface area contributed by atoms with Gasteiger partial charge in [-0.05, 0) is 37.5 Å². The molecule has 170 valence electrons. The first kappa shape index (κ1) is 21.8. The van der Waals surface area contributed by atoms with E-state index in [1.807, 2.05) is 4.90 Å². The zero-order chi connectivity index (χ0) is 22.7. The van der Waals surface area contributed by atoms with Crippen LogP contribution in [0.25, 0.3) is 0 Å². The molecule has 2 fully saturated rings. The number of hydrogen-bond acceptors (Lipinski definition) is 6. The molecule has 1 atom stereocenters. The van der Waals surface area contributed by atoms with Crippen LogP contribution < -0.4 is 20.3 Å². The predicted octanol–water partition coefficient (Wildman–Crippen LogP) is 2.77. The van der Waals surface area contributed by atoms with E-state index in [1.54, 1.807) is 12.1 Å². The Morgan fingerprint density at radius 1 is 1.12 bits per heavy atom. The van der Waals surface area contributed by atoms with Crippen molar-refractivity contribution in [2.24, 2.45) is 5.92 Å². The lowest BCUT2D eigenvalue weighted by molar-refractivity contribution is -0.154. The lowest BCUT2D eigenvalue weighted by Crippen LogP contribution is -2.37. The SMILES string of the molecule is O=C(NC1CCN(c2ccnc(OCC(F)(F)F)c2)C1)c1ccnc(NC(=O)C2CC2)c1. The van der Waals surface area contributed by atoms with Gasteiger partial charge in [-0.1, -0.05) is 0 Å². The molecule has 2 aromatic rings. The number of nitrogens with one attached hydrogen (secondary N) is 2. The molecule has 2 aliphatic rings. The minimum Gasteiger partial charge on any atom is -0.468 e. The fraction of sp³-hybridized carbons (Fsp3) is 0.429. The number of aromatic nitrogens is 2. The minimum atomic E-state index is -4.44. The van der Waals surface area contributed by atoms with Gasteiger partial charge in [0.25, 0.3) is 5.91 Å². The second-order valence-electron chi connectivity index (χ2n) is 7.85. The molecule has 0 spiro atoms. The Hall–Kier alpha value is -3.37. The van der Waals surface area contributed by atoms with Crippen molar-refractivity contribution in [1.29, 1.82) is 0 Å². The number of anilines is 2. The van der Waals surface area contributed by atoms with Crippen LogP contribution in [0.2, 0.25) is 0 Å². The summed E-state index contributed by atoms with van der Waals surface area (Å²) in [6.45, 7) is -0.297. The second kappa shape index (κ2) is 9.01. The number of halogens is 3. The van der Waals surface area contributed by atoms with E-state index in [2.05, 4.69) is 20.6 Å². The van der Waals surface area contributed by atoms with Gasteiger partial charge in [-0.15, -0.1) is 0 Å². The summed E-state index contributed by atoms with van der Waals surface area (Å²) in [4.78, 5) is 34.4. The first-order valence-electron chi connectivity index (χ1n) is 10.3. The van der Waals surface area contributed by atoms with Gasteiger partial charge < -0.3 is 20.3 Å². The van der Waals surface area contributed by atoms with Gasteiger partial charge in [0.05, 0.1) is 0 Å². The van der Waals surface area contributed by atoms with Crippen molar-refractivity contribution in [3.05, 3.63) is 42.2 Å². The van der Waals surface area contributed by atoms with E-state index in [1.165, 1.54) is 24.5 Å². The van der Waals surface area contributed by atoms with E-state index < -0.39 is 12.8 Å². The second-order valence-corrected chi connectivity index (χ2v) is 7.85. The van der Waals surface area contributed by atoms with Crippen molar-refractivity contribution in [3.8, 4) is 5.88 Å². The lowest BCUT2D eigenvalue weighted by Gasteiger charge is -2.20. The maximum atomic E-state index is 12.7. The van der Waals surface area contributed by atoms with Crippen LogP contribution >= 0.6 is 0 Å². The van der Waals surface area contributed by atoms with Gasteiger partial charge >= 0.3 is 6.18 Å². The Kier molecular flexibility index (Phi) is 6.15. The standard InChI is InChI=1S/C21H22F3N5O3/c22-21(23,24)12-32-18-10-16(4-7-26-18)29-8-5-15(11-29)27-20(31)14-3-6-25-17(9-14)28-19(30)13-1-2-13/h3-4,6-7,9-10,13,15H,1-2,5,8,11-12H2,(H,27,31)(H,25,28,30). The van der Waals surface area contributed by atoms with Crippen LogP contribution in [-0.4, -0.2) is 53.7 Å². The van der Waals surface area contributed by atoms with Crippen molar-refractivity contribution >= 4 is 23.3 Å². The molecule has 8 nitrogen and oxygen atoms in total. The maximum absolute atomic E-state index is 12.7. The highest BCUT2D eigenvalue weighted by Gasteiger charge is 2.30. The summed E-state index contributed by atoms with van der Waals surface area (Å²) >= 11 is 0. The summed E-state index contributed by atoms with van der Waals surface area (Å²) in [6.07, 6.45) is 0.839. The number of ether oxygens (including phenoxy) is 1. The predicted molar refractivity (Wildman–Crippen MR) is 109 cm³/mol. The van der Waals surface area contributed by atoms with Gasteiger partial charge in [-0.25, -0.2) is 9.97 Å². The molecule has 11 heteroatoms. The molecule has 0 aromatic carbocycles. The fourth-order valence-electron chi connectivity index (χ4n) is 3.43. The molecular weight excluding hydrogens is 427 g/mol. The molecule has 4 rings (SSSR count). The number of rotatable bonds is 7. The van der Waals surface area contributed by atoms with E-state index in [4.69, 9.17) is 4.74 Å². The Balaban J connectivity index is 1.32. The van der Waals surface area contributed by atoms with Crippen LogP contribution in [0.15, 0.2) is 36.7 Å². The van der Waals surface area contributed by atoms with Gasteiger partial charge in [0.1, 0.15) is 5.82 Å². The first-order valence-corrected chi connectivity index (χ1v) is 10.3. The monoisotopic (exact) mass is 449 g/mol. The van der Waals surface area contributed by atoms with E-state index in [-0.39, 0.29) is 29.7 Å². The third kappa shape index (κ3) is 5.86. The quantitative estimate of drug-likeness (QED) is 0.675. The van der Waals surface area contributed by atoms with Crippen molar-refractivity contribution in [1.82, 2.24) is 15.3 Å². The van der Waals surface area contributed by atoms with Crippen LogP contribution in [0.4, 0.5) is 24.7 Å². The highest BCUT2D eigenvalue weighted by molar-refractivity contribution is 5.97. The van der Waals surface area contributed by atoms with Crippen molar-refractivity contribution in [2.75, 3.05) is 29.9 Å². The fourth-order valence-corrected chi connectivity index (χ4v) is 3.43. The third-order valence-corrected chi connectivity index (χ3v) is 5.21. The van der Waals surface area contributed by atoms with Crippen LogP contribution in [-0.2, 0) is 4.79 Å². The van der Waals surface area contributed by atoms with Crippen molar-refractivity contribution < 1.29 is 27.5 Å². The molecule has 2 amide bonds. The number of pyridine rings is 2. The number of hydrogen-bond donors (Lipinski definition) is 2. The van der Waals surface area contributed by atoms with E-state index >= 15 is 0 Å². The molecule has 32 heavy (non-hydrogen) atoms. The largest absolute Gasteiger partial charge is 0.468 e. The van der Waals surface area contributed by atoms with Crippen LogP contribution in [0.5, 0.6) is 5.88 Å². The highest BCUT2D eigenvalue weighted by atomic mass is 19.4. The molecule has 0 radical (unpaired) electrons. The lowest BCUT2D eigenvalue weighted by atomic mass is 10.2. The number of carbonyl (C=O) groups excluding carboxylic acids is 2. The number of nitrogens with zero attached hydrogens (tertiary/aromatic N) is 3. The molecule has 1 aliphatic heterocycles. The normalized spacial score (nSPS) is 18.3. The van der Waals surface area contributed by atoms with Crippen LogP contribution in [0.1, 0.15) is 29.6 Å². The highest BCUT2D eigenvalue weighted by Crippen LogP contribution is 2.30. The van der Waals surface area contributed by atoms with E-state index in [0.29, 0.717) is 36.6 Å². The first-order chi connectivity index (χ1) is 15.3. The van der Waals surface area contributed by atoms with Gasteiger partial charge in [0.2, 0.25) is 11.8 Å². The number of carbonyl (C=O) groups is 2. The molecule has 1 aliphatic carbocycles. The molecule has 2 aromatic heterocycles. The van der Waals surface area contributed by atoms with Crippen LogP contribution in [0.3, 0.4) is 0 Å². The van der Waals surface area contributed by atoms with E-state index in [0.717, 1.165) is 12.8 Å². The third-order valence-electron chi connectivity index (χ3n) is 5.21. The zero-order valence-corrected chi connectivity index (χ0v) is 17.1. The Morgan fingerprint density at radius 2 is 1.91 bits per heavy atom. The molecule has 3 heterocycles.